The Labute approximate surface area is 172 Å². The van der Waals surface area contributed by atoms with Gasteiger partial charge in [-0.15, -0.1) is 0 Å². The van der Waals surface area contributed by atoms with Gasteiger partial charge in [0.1, 0.15) is 0 Å². The topological polar surface area (TPSA) is 102 Å². The molecule has 1 rings (SSSR count). The molecule has 1 aliphatic heterocycles. The molecule has 1 heterocycles. The van der Waals surface area contributed by atoms with Crippen LogP contribution < -0.4 is 5.32 Å². The second-order valence-electron chi connectivity index (χ2n) is 6.18. The molecule has 2 atom stereocenters. The second kappa shape index (κ2) is 15.1. The van der Waals surface area contributed by atoms with E-state index in [4.69, 9.17) is 19.1 Å². The molecule has 0 spiro atoms. The fourth-order valence-corrected chi connectivity index (χ4v) is 2.74. The van der Waals surface area contributed by atoms with Gasteiger partial charge in [-0.05, 0) is 0 Å². The molecule has 1 saturated heterocycles. The molecule has 0 bridgehead atoms. The van der Waals surface area contributed by atoms with Crippen molar-refractivity contribution in [2.75, 3.05) is 20.2 Å². The summed E-state index contributed by atoms with van der Waals surface area (Å²) in [6.07, 6.45) is 1.28. The molecule has 0 aromatic carbocycles. The Balaban J connectivity index is 0. The van der Waals surface area contributed by atoms with Gasteiger partial charge >= 0.3 is 149 Å². The Morgan fingerprint density at radius 3 is 2.23 bits per heavy atom. The molecular weight excluding hydrogens is 535 g/mol. The summed E-state index contributed by atoms with van der Waals surface area (Å²) in [6.45, 7) is 10.5. The molecular formula is C17H31N2O6Pb. The van der Waals surface area contributed by atoms with Gasteiger partial charge in [-0.2, -0.15) is 9.59 Å². The van der Waals surface area contributed by atoms with Crippen molar-refractivity contribution in [2.24, 2.45) is 0 Å². The van der Waals surface area contributed by atoms with E-state index in [0.29, 0.717) is 19.6 Å². The van der Waals surface area contributed by atoms with Crippen LogP contribution in [0.3, 0.4) is 0 Å². The number of rotatable bonds is 5. The molecule has 26 heavy (non-hydrogen) atoms. The summed E-state index contributed by atoms with van der Waals surface area (Å²) < 4.78 is 12.3. The van der Waals surface area contributed by atoms with Gasteiger partial charge in [-0.3, -0.25) is 0 Å². The minimum absolute atomic E-state index is 0.0898. The molecule has 0 saturated carbocycles. The van der Waals surface area contributed by atoms with E-state index in [1.165, 1.54) is 34.6 Å². The average molecular weight is 567 g/mol. The van der Waals surface area contributed by atoms with Gasteiger partial charge in [-0.25, -0.2) is 0 Å². The van der Waals surface area contributed by atoms with Crippen molar-refractivity contribution in [3.63, 3.8) is 0 Å². The largest absolute Gasteiger partial charge is 0.373 e. The van der Waals surface area contributed by atoms with Crippen molar-refractivity contribution >= 4 is 43.9 Å². The van der Waals surface area contributed by atoms with Crippen LogP contribution in [0.4, 0.5) is 4.79 Å². The third-order valence-electron chi connectivity index (χ3n) is 3.11. The molecule has 2 unspecified atom stereocenters. The van der Waals surface area contributed by atoms with E-state index in [-0.39, 0.29) is 18.2 Å². The first-order chi connectivity index (χ1) is 12.2. The summed E-state index contributed by atoms with van der Waals surface area (Å²) >= 11 is 1.17. The van der Waals surface area contributed by atoms with Gasteiger partial charge in [0, 0.05) is 0 Å². The zero-order valence-electron chi connectivity index (χ0n) is 16.6. The summed E-state index contributed by atoms with van der Waals surface area (Å²) in [5.74, 6) is -0.171. The van der Waals surface area contributed by atoms with Crippen molar-refractivity contribution < 1.29 is 28.7 Å². The fourth-order valence-electron chi connectivity index (χ4n) is 2.18. The summed E-state index contributed by atoms with van der Waals surface area (Å²) in [6, 6.07) is -0.508. The molecule has 0 aliphatic carbocycles. The van der Waals surface area contributed by atoms with E-state index in [1.807, 2.05) is 34.6 Å². The third kappa shape index (κ3) is 11.6. The van der Waals surface area contributed by atoms with Crippen LogP contribution in [0.2, 0.25) is 3.98 Å². The van der Waals surface area contributed by atoms with Crippen molar-refractivity contribution in [1.82, 2.24) is 10.2 Å². The van der Waals surface area contributed by atoms with Crippen LogP contribution in [0.25, 0.3) is 0 Å². The Hall–Kier alpha value is -0.998. The smallest absolute Gasteiger partial charge is 0.186 e. The van der Waals surface area contributed by atoms with Crippen LogP contribution in [0.15, 0.2) is 0 Å². The zero-order valence-corrected chi connectivity index (χ0v) is 20.5. The molecule has 1 N–H and O–H groups in total. The summed E-state index contributed by atoms with van der Waals surface area (Å²) in [7, 11) is 1.57. The quantitative estimate of drug-likeness (QED) is 0.400. The van der Waals surface area contributed by atoms with Gasteiger partial charge in [0.2, 0.25) is 0 Å². The van der Waals surface area contributed by atoms with Gasteiger partial charge in [0.05, 0.1) is 0 Å². The number of likely N-dealkylation sites (tertiary alicyclic amines) is 1. The van der Waals surface area contributed by atoms with E-state index in [0.717, 1.165) is 6.42 Å². The monoisotopic (exact) mass is 567 g/mol. The predicted molar refractivity (Wildman–Crippen MR) is 96.7 cm³/mol. The number of carbonyl (C=O) groups excluding carboxylic acids is 4. The molecule has 0 aromatic rings. The van der Waals surface area contributed by atoms with Crippen molar-refractivity contribution in [3.8, 4) is 0 Å². The first-order valence-electron chi connectivity index (χ1n) is 8.66. The number of nitrogens with zero attached hydrogens (tertiary/aromatic N) is 1. The predicted octanol–water partition coefficient (Wildman–Crippen LogP) is 1.55. The molecule has 149 valence electrons. The van der Waals surface area contributed by atoms with Crippen LogP contribution in [-0.4, -0.2) is 86.8 Å². The Bertz CT molecular complexity index is 447. The number of hydrogen-bond donors (Lipinski definition) is 1. The standard InChI is InChI=1S/C14H25N2O4.C2H6.CO2.Pb/c1-6-7-19-10-8-11(12(17)15-5)16(9-10)13(18)20-14(2,3)4;1-2;2-1-3;/h10-11H,1,6-9H2,2-5H3,(H,15,17);1-2H3;;. The van der Waals surface area contributed by atoms with Crippen LogP contribution in [0.5, 0.6) is 0 Å². The number of amides is 2. The average Bonchev–Trinajstić information content (AvgIpc) is 3.00. The van der Waals surface area contributed by atoms with E-state index in [1.54, 1.807) is 7.05 Å². The number of ether oxygens (including phenoxy) is 2. The number of likely N-dealkylation sites (N-methyl/N-ethyl adjacent to an activating group) is 1. The van der Waals surface area contributed by atoms with Crippen LogP contribution in [0.1, 0.15) is 47.5 Å². The maximum atomic E-state index is 12.2. The normalized spacial score (nSPS) is 18.5. The first kappa shape index (κ1) is 27.2. The summed E-state index contributed by atoms with van der Waals surface area (Å²) in [5.41, 5.74) is -0.573. The Kier molecular flexibility index (Phi) is 15.8. The first-order valence-corrected chi connectivity index (χ1v) is 11.4. The number of hydrogen-bond acceptors (Lipinski definition) is 6. The van der Waals surface area contributed by atoms with Crippen LogP contribution in [0, 0.1) is 0 Å². The van der Waals surface area contributed by atoms with E-state index >= 15 is 0 Å². The molecule has 1 aliphatic rings. The van der Waals surface area contributed by atoms with Crippen molar-refractivity contribution in [2.45, 2.75) is 69.2 Å². The maximum Gasteiger partial charge on any atom is 0.373 e. The van der Waals surface area contributed by atoms with Gasteiger partial charge in [-0.1, -0.05) is 13.8 Å². The SMILES string of the molecule is CC.CNC(=O)C1CC(OCC[CH2][Pb])CN1C(=O)OC(C)(C)C.O=C=O. The van der Waals surface area contributed by atoms with Crippen LogP contribution in [-0.2, 0) is 23.9 Å². The Morgan fingerprint density at radius 1 is 1.27 bits per heavy atom. The van der Waals surface area contributed by atoms with E-state index < -0.39 is 17.7 Å². The molecule has 3 radical (unpaired) electrons. The third-order valence-corrected chi connectivity index (χ3v) is 4.49. The minimum Gasteiger partial charge on any atom is -0.186 e. The summed E-state index contributed by atoms with van der Waals surface area (Å²) in [5, 5.41) is 2.60. The zero-order chi connectivity index (χ0) is 20.8. The summed E-state index contributed by atoms with van der Waals surface area (Å²) in [4.78, 5) is 41.9. The Morgan fingerprint density at radius 2 is 1.81 bits per heavy atom. The number of carbonyl (C=O) groups is 2. The van der Waals surface area contributed by atoms with Crippen LogP contribution >= 0.6 is 0 Å². The minimum atomic E-state index is -0.573. The molecule has 2 amide bonds. The molecule has 9 heteroatoms. The molecule has 1 fully saturated rings. The number of nitrogens with one attached hydrogen (secondary N) is 1. The van der Waals surface area contributed by atoms with E-state index in [9.17, 15) is 9.59 Å². The van der Waals surface area contributed by atoms with Gasteiger partial charge in [0.25, 0.3) is 0 Å². The van der Waals surface area contributed by atoms with E-state index in [2.05, 4.69) is 5.32 Å². The second-order valence-corrected chi connectivity index (χ2v) is 8.12. The van der Waals surface area contributed by atoms with Gasteiger partial charge < -0.3 is 0 Å². The molecule has 8 nitrogen and oxygen atoms in total. The maximum absolute atomic E-state index is 12.2. The fraction of sp³-hybridized carbons (Fsp3) is 0.824. The molecule has 0 aromatic heterocycles. The van der Waals surface area contributed by atoms with Crippen molar-refractivity contribution in [3.05, 3.63) is 0 Å². The van der Waals surface area contributed by atoms with Crippen molar-refractivity contribution in [1.29, 1.82) is 0 Å². The van der Waals surface area contributed by atoms with Gasteiger partial charge in [0.15, 0.2) is 0 Å².